The lowest BCUT2D eigenvalue weighted by molar-refractivity contribution is -0.384. The highest BCUT2D eigenvalue weighted by Crippen LogP contribution is 2.19. The van der Waals surface area contributed by atoms with Crippen molar-refractivity contribution in [1.82, 2.24) is 9.88 Å². The van der Waals surface area contributed by atoms with Crippen molar-refractivity contribution in [2.45, 2.75) is 18.9 Å². The van der Waals surface area contributed by atoms with Gasteiger partial charge in [-0.15, -0.1) is 0 Å². The molecule has 1 heterocycles. The van der Waals surface area contributed by atoms with E-state index in [1.165, 1.54) is 42.1 Å². The summed E-state index contributed by atoms with van der Waals surface area (Å²) in [7, 11) is 2.89. The summed E-state index contributed by atoms with van der Waals surface area (Å²) >= 11 is 0. The number of ether oxygens (including phenoxy) is 1. The first kappa shape index (κ1) is 30.2. The van der Waals surface area contributed by atoms with Gasteiger partial charge in [-0.3, -0.25) is 24.5 Å². The van der Waals surface area contributed by atoms with E-state index in [0.717, 1.165) is 11.6 Å². The molecule has 220 valence electrons. The number of rotatable bonds is 11. The third-order valence-corrected chi connectivity index (χ3v) is 6.47. The highest BCUT2D eigenvalue weighted by Gasteiger charge is 2.22. The second kappa shape index (κ2) is 13.7. The van der Waals surface area contributed by atoms with Crippen LogP contribution >= 0.6 is 0 Å². The quantitative estimate of drug-likeness (QED) is 0.137. The smallest absolute Gasteiger partial charge is 0.328 e. The molecule has 3 N–H and O–H groups in total. The molecule has 3 aromatic carbocycles. The van der Waals surface area contributed by atoms with E-state index < -0.39 is 28.7 Å². The van der Waals surface area contributed by atoms with Crippen LogP contribution in [0.3, 0.4) is 0 Å². The van der Waals surface area contributed by atoms with Gasteiger partial charge in [0.25, 0.3) is 17.5 Å². The van der Waals surface area contributed by atoms with Crippen molar-refractivity contribution in [3.05, 3.63) is 124 Å². The Morgan fingerprint density at radius 2 is 1.56 bits per heavy atom. The number of aromatic nitrogens is 1. The number of hydrogen-bond acceptors (Lipinski definition) is 7. The molecule has 43 heavy (non-hydrogen) atoms. The van der Waals surface area contributed by atoms with Crippen LogP contribution in [0.1, 0.15) is 32.0 Å². The van der Waals surface area contributed by atoms with Gasteiger partial charge in [0, 0.05) is 43.0 Å². The van der Waals surface area contributed by atoms with E-state index in [0.29, 0.717) is 16.9 Å². The highest BCUT2D eigenvalue weighted by atomic mass is 16.6. The molecular weight excluding hydrogens is 554 g/mol. The largest absolute Gasteiger partial charge is 0.467 e. The standard InChI is InChI=1S/C31H29N5O7/c1-35-19-24(33-29(38)22-11-7-13-25(17-22)36(41)42)18-27(35)30(39)32-23-12-6-10-21(14-23)16-28(37)34-26(31(40)43-2)15-20-8-4-3-5-9-20/h3-14,17-19,26H,15-16H2,1-2H3,(H,32,39)(H,33,38)(H,34,37). The van der Waals surface area contributed by atoms with Crippen LogP contribution in [0.5, 0.6) is 0 Å². The molecule has 0 radical (unpaired) electrons. The number of methoxy groups -OCH3 is 1. The fourth-order valence-electron chi connectivity index (χ4n) is 4.39. The molecule has 3 amide bonds. The molecule has 12 nitrogen and oxygen atoms in total. The van der Waals surface area contributed by atoms with Crippen molar-refractivity contribution < 1.29 is 28.8 Å². The number of nitrogens with one attached hydrogen (secondary N) is 3. The van der Waals surface area contributed by atoms with Gasteiger partial charge in [0.05, 0.1) is 24.1 Å². The van der Waals surface area contributed by atoms with E-state index in [1.807, 2.05) is 30.3 Å². The first-order valence-electron chi connectivity index (χ1n) is 13.2. The minimum absolute atomic E-state index is 0.0377. The lowest BCUT2D eigenvalue weighted by Crippen LogP contribution is -2.43. The summed E-state index contributed by atoms with van der Waals surface area (Å²) in [6, 6.07) is 21.9. The number of nitro benzene ring substituents is 1. The van der Waals surface area contributed by atoms with Crippen LogP contribution in [0.2, 0.25) is 0 Å². The summed E-state index contributed by atoms with van der Waals surface area (Å²) < 4.78 is 6.38. The topological polar surface area (TPSA) is 162 Å². The first-order chi connectivity index (χ1) is 20.6. The second-order valence-corrected chi connectivity index (χ2v) is 9.65. The summed E-state index contributed by atoms with van der Waals surface area (Å²) in [6.07, 6.45) is 1.78. The van der Waals surface area contributed by atoms with E-state index in [2.05, 4.69) is 16.0 Å². The van der Waals surface area contributed by atoms with Crippen LogP contribution < -0.4 is 16.0 Å². The van der Waals surface area contributed by atoms with Gasteiger partial charge < -0.3 is 25.3 Å². The van der Waals surface area contributed by atoms with Gasteiger partial charge in [-0.05, 0) is 35.4 Å². The van der Waals surface area contributed by atoms with Crippen LogP contribution in [0.25, 0.3) is 0 Å². The molecule has 0 saturated carbocycles. The zero-order valence-corrected chi connectivity index (χ0v) is 23.4. The summed E-state index contributed by atoms with van der Waals surface area (Å²) in [5, 5.41) is 19.2. The highest BCUT2D eigenvalue weighted by molar-refractivity contribution is 6.07. The minimum Gasteiger partial charge on any atom is -0.467 e. The maximum absolute atomic E-state index is 13.0. The Kier molecular flexibility index (Phi) is 9.63. The van der Waals surface area contributed by atoms with Crippen LogP contribution in [-0.2, 0) is 34.2 Å². The van der Waals surface area contributed by atoms with Gasteiger partial charge in [-0.25, -0.2) is 4.79 Å². The van der Waals surface area contributed by atoms with Crippen LogP contribution in [0.15, 0.2) is 91.1 Å². The third kappa shape index (κ3) is 8.13. The van der Waals surface area contributed by atoms with Crippen molar-refractivity contribution in [1.29, 1.82) is 0 Å². The number of carbonyl (C=O) groups is 4. The predicted molar refractivity (Wildman–Crippen MR) is 159 cm³/mol. The molecule has 0 bridgehead atoms. The molecule has 12 heteroatoms. The van der Waals surface area contributed by atoms with Crippen LogP contribution in [0, 0.1) is 10.1 Å². The number of amides is 3. The minimum atomic E-state index is -0.855. The summed E-state index contributed by atoms with van der Waals surface area (Å²) in [6.45, 7) is 0. The molecule has 0 aliphatic carbocycles. The molecule has 0 saturated heterocycles. The summed E-state index contributed by atoms with van der Waals surface area (Å²) in [5.74, 6) is -1.97. The molecule has 1 aromatic heterocycles. The molecule has 1 unspecified atom stereocenters. The Balaban J connectivity index is 1.38. The monoisotopic (exact) mass is 583 g/mol. The van der Waals surface area contributed by atoms with Gasteiger partial charge in [0.15, 0.2) is 0 Å². The van der Waals surface area contributed by atoms with E-state index in [1.54, 1.807) is 31.3 Å². The predicted octanol–water partition coefficient (Wildman–Crippen LogP) is 3.88. The van der Waals surface area contributed by atoms with Gasteiger partial charge in [-0.2, -0.15) is 0 Å². The average molecular weight is 584 g/mol. The number of esters is 1. The Morgan fingerprint density at radius 3 is 2.28 bits per heavy atom. The number of carbonyl (C=O) groups excluding carboxylic acids is 4. The molecule has 0 aliphatic rings. The molecular formula is C31H29N5O7. The van der Waals surface area contributed by atoms with E-state index >= 15 is 0 Å². The Bertz CT molecular complexity index is 1670. The van der Waals surface area contributed by atoms with Crippen LogP contribution in [0.4, 0.5) is 17.1 Å². The molecule has 0 aliphatic heterocycles. The number of anilines is 2. The number of benzene rings is 3. The Morgan fingerprint density at radius 1 is 0.860 bits per heavy atom. The zero-order chi connectivity index (χ0) is 30.9. The number of non-ortho nitro benzene ring substituents is 1. The molecule has 4 aromatic rings. The van der Waals surface area contributed by atoms with Crippen molar-refractivity contribution >= 4 is 40.8 Å². The number of hydrogen-bond donors (Lipinski definition) is 3. The molecule has 0 fully saturated rings. The summed E-state index contributed by atoms with van der Waals surface area (Å²) in [5.41, 5.74) is 2.36. The van der Waals surface area contributed by atoms with Crippen molar-refractivity contribution in [3.63, 3.8) is 0 Å². The molecule has 1 atom stereocenters. The fraction of sp³-hybridized carbons (Fsp3) is 0.161. The third-order valence-electron chi connectivity index (χ3n) is 6.47. The van der Waals surface area contributed by atoms with Gasteiger partial charge in [-0.1, -0.05) is 48.5 Å². The number of nitrogens with zero attached hydrogens (tertiary/aromatic N) is 2. The van der Waals surface area contributed by atoms with E-state index in [-0.39, 0.29) is 35.7 Å². The zero-order valence-electron chi connectivity index (χ0n) is 23.4. The second-order valence-electron chi connectivity index (χ2n) is 9.65. The average Bonchev–Trinajstić information content (AvgIpc) is 3.36. The maximum Gasteiger partial charge on any atom is 0.328 e. The lowest BCUT2D eigenvalue weighted by Gasteiger charge is -2.17. The van der Waals surface area contributed by atoms with Crippen LogP contribution in [-0.4, -0.2) is 46.3 Å². The molecule has 4 rings (SSSR count). The Hall–Kier alpha value is -5.78. The maximum atomic E-state index is 13.0. The lowest BCUT2D eigenvalue weighted by atomic mass is 10.1. The van der Waals surface area contributed by atoms with E-state index in [9.17, 15) is 29.3 Å². The first-order valence-corrected chi connectivity index (χ1v) is 13.2. The van der Waals surface area contributed by atoms with Gasteiger partial charge in [0.2, 0.25) is 5.91 Å². The molecule has 0 spiro atoms. The SMILES string of the molecule is COC(=O)C(Cc1ccccc1)NC(=O)Cc1cccc(NC(=O)c2cc(NC(=O)c3cccc([N+](=O)[O-])c3)cn2C)c1. The normalized spacial score (nSPS) is 11.2. The van der Waals surface area contributed by atoms with Gasteiger partial charge >= 0.3 is 5.97 Å². The Labute approximate surface area is 246 Å². The fourth-order valence-corrected chi connectivity index (χ4v) is 4.39. The summed E-state index contributed by atoms with van der Waals surface area (Å²) in [4.78, 5) is 61.1. The number of aryl methyl sites for hydroxylation is 1. The van der Waals surface area contributed by atoms with E-state index in [4.69, 9.17) is 4.74 Å². The number of nitro groups is 1. The van der Waals surface area contributed by atoms with Crippen molar-refractivity contribution in [2.24, 2.45) is 7.05 Å². The van der Waals surface area contributed by atoms with Crippen molar-refractivity contribution in [2.75, 3.05) is 17.7 Å². The van der Waals surface area contributed by atoms with Crippen molar-refractivity contribution in [3.8, 4) is 0 Å². The van der Waals surface area contributed by atoms with Gasteiger partial charge in [0.1, 0.15) is 11.7 Å².